The van der Waals surface area contributed by atoms with Crippen molar-refractivity contribution >= 4 is 15.9 Å². The maximum absolute atomic E-state index is 12.0. The molecule has 5 heteroatoms. The Labute approximate surface area is 101 Å². The van der Waals surface area contributed by atoms with Crippen LogP contribution in [0.3, 0.4) is 0 Å². The lowest BCUT2D eigenvalue weighted by Crippen LogP contribution is -2.17. The summed E-state index contributed by atoms with van der Waals surface area (Å²) >= 11 is 3.39. The van der Waals surface area contributed by atoms with Gasteiger partial charge in [0, 0.05) is 4.83 Å². The first kappa shape index (κ1) is 13.4. The molecule has 16 heavy (non-hydrogen) atoms. The zero-order valence-corrected chi connectivity index (χ0v) is 10.3. The van der Waals surface area contributed by atoms with E-state index in [9.17, 15) is 13.2 Å². The smallest absolute Gasteiger partial charge is 0.406 e. The molecule has 0 amide bonds. The van der Waals surface area contributed by atoms with Crippen molar-refractivity contribution in [2.45, 2.75) is 31.0 Å². The minimum absolute atomic E-state index is 0.160. The van der Waals surface area contributed by atoms with E-state index in [2.05, 4.69) is 20.7 Å². The number of aryl methyl sites for hydroxylation is 1. The quantitative estimate of drug-likeness (QED) is 0.753. The lowest BCUT2D eigenvalue weighted by atomic mass is 10.1. The van der Waals surface area contributed by atoms with E-state index in [1.165, 1.54) is 12.1 Å². The van der Waals surface area contributed by atoms with Crippen molar-refractivity contribution in [3.8, 4) is 5.75 Å². The van der Waals surface area contributed by atoms with Gasteiger partial charge in [0.05, 0.1) is 0 Å². The molecule has 0 aliphatic carbocycles. The lowest BCUT2D eigenvalue weighted by molar-refractivity contribution is -0.274. The summed E-state index contributed by atoms with van der Waals surface area (Å²) in [6.07, 6.45) is -3.03. The molecule has 0 saturated heterocycles. The Hall–Kier alpha value is -0.710. The summed E-state index contributed by atoms with van der Waals surface area (Å²) in [5, 5.41) is 0. The Morgan fingerprint density at radius 2 is 2.06 bits per heavy atom. The molecular weight excluding hydrogens is 285 g/mol. The van der Waals surface area contributed by atoms with Crippen LogP contribution in [-0.2, 0) is 6.42 Å². The minimum Gasteiger partial charge on any atom is -0.406 e. The third-order valence-corrected chi connectivity index (χ3v) is 2.42. The van der Waals surface area contributed by atoms with Crippen molar-refractivity contribution in [2.24, 2.45) is 0 Å². The highest BCUT2D eigenvalue weighted by atomic mass is 79.9. The van der Waals surface area contributed by atoms with Gasteiger partial charge in [-0.25, -0.2) is 0 Å². The summed E-state index contributed by atoms with van der Waals surface area (Å²) in [6.45, 7) is 2.00. The van der Waals surface area contributed by atoms with Gasteiger partial charge >= 0.3 is 6.36 Å². The molecule has 1 nitrogen and oxygen atoms in total. The monoisotopic (exact) mass is 296 g/mol. The molecule has 0 radical (unpaired) electrons. The molecule has 1 rings (SSSR count). The van der Waals surface area contributed by atoms with Crippen LogP contribution in [0.1, 0.15) is 18.9 Å². The largest absolute Gasteiger partial charge is 0.573 e. The first-order chi connectivity index (χ1) is 7.37. The van der Waals surface area contributed by atoms with E-state index in [1.807, 2.05) is 6.92 Å². The van der Waals surface area contributed by atoms with E-state index >= 15 is 0 Å². The van der Waals surface area contributed by atoms with Crippen LogP contribution in [0, 0.1) is 0 Å². The zero-order valence-electron chi connectivity index (χ0n) is 8.72. The first-order valence-corrected chi connectivity index (χ1v) is 5.77. The maximum Gasteiger partial charge on any atom is 0.573 e. The molecule has 1 atom stereocenters. The molecule has 0 N–H and O–H groups in total. The fourth-order valence-electron chi connectivity index (χ4n) is 1.26. The van der Waals surface area contributed by atoms with Gasteiger partial charge in [0.15, 0.2) is 0 Å². The van der Waals surface area contributed by atoms with Crippen molar-refractivity contribution in [2.75, 3.05) is 0 Å². The van der Waals surface area contributed by atoms with Crippen LogP contribution in [0.25, 0.3) is 0 Å². The number of rotatable bonds is 4. The van der Waals surface area contributed by atoms with Crippen LogP contribution in [0.4, 0.5) is 13.2 Å². The van der Waals surface area contributed by atoms with E-state index in [-0.39, 0.29) is 5.75 Å². The maximum atomic E-state index is 12.0. The van der Waals surface area contributed by atoms with Gasteiger partial charge in [-0.1, -0.05) is 35.0 Å². The second-order valence-electron chi connectivity index (χ2n) is 3.51. The van der Waals surface area contributed by atoms with E-state index in [0.29, 0.717) is 4.83 Å². The normalized spacial score (nSPS) is 13.6. The van der Waals surface area contributed by atoms with Gasteiger partial charge in [-0.3, -0.25) is 0 Å². The van der Waals surface area contributed by atoms with Gasteiger partial charge in [-0.2, -0.15) is 0 Å². The first-order valence-electron chi connectivity index (χ1n) is 4.85. The Bertz CT molecular complexity index is 336. The molecule has 0 aliphatic heterocycles. The fraction of sp³-hybridized carbons (Fsp3) is 0.455. The van der Waals surface area contributed by atoms with Crippen LogP contribution in [-0.4, -0.2) is 11.2 Å². The number of hydrogen-bond donors (Lipinski definition) is 0. The van der Waals surface area contributed by atoms with Crippen molar-refractivity contribution in [1.82, 2.24) is 0 Å². The average Bonchev–Trinajstić information content (AvgIpc) is 2.12. The summed E-state index contributed by atoms with van der Waals surface area (Å²) in [5.74, 6) is -0.160. The third kappa shape index (κ3) is 5.39. The predicted octanol–water partition coefficient (Wildman–Crippen LogP) is 4.30. The van der Waals surface area contributed by atoms with Gasteiger partial charge in [0.2, 0.25) is 0 Å². The number of ether oxygens (including phenoxy) is 1. The molecule has 0 aromatic heterocycles. The zero-order chi connectivity index (χ0) is 12.2. The Balaban J connectivity index is 2.64. The van der Waals surface area contributed by atoms with E-state index in [1.54, 1.807) is 12.1 Å². The molecule has 90 valence electrons. The van der Waals surface area contributed by atoms with Crippen molar-refractivity contribution in [3.63, 3.8) is 0 Å². The standard InChI is InChI=1S/C11H12BrF3O/c1-8(12)5-6-9-3-2-4-10(7-9)16-11(13,14)15/h2-4,7-8H,5-6H2,1H3. The number of benzene rings is 1. The Morgan fingerprint density at radius 1 is 1.38 bits per heavy atom. The van der Waals surface area contributed by atoms with Crippen LogP contribution in [0.15, 0.2) is 24.3 Å². The van der Waals surface area contributed by atoms with Crippen LogP contribution in [0.2, 0.25) is 0 Å². The summed E-state index contributed by atoms with van der Waals surface area (Å²) < 4.78 is 39.7. The molecule has 0 saturated carbocycles. The van der Waals surface area contributed by atoms with Crippen molar-refractivity contribution in [1.29, 1.82) is 0 Å². The van der Waals surface area contributed by atoms with Gasteiger partial charge in [-0.05, 0) is 30.5 Å². The molecule has 0 spiro atoms. The summed E-state index contributed by atoms with van der Waals surface area (Å²) in [4.78, 5) is 0.347. The molecule has 1 aromatic rings. The van der Waals surface area contributed by atoms with Gasteiger partial charge in [-0.15, -0.1) is 13.2 Å². The average molecular weight is 297 g/mol. The molecule has 1 aromatic carbocycles. The second kappa shape index (κ2) is 5.57. The fourth-order valence-corrected chi connectivity index (χ4v) is 1.49. The van der Waals surface area contributed by atoms with Crippen molar-refractivity contribution in [3.05, 3.63) is 29.8 Å². The number of hydrogen-bond acceptors (Lipinski definition) is 1. The van der Waals surface area contributed by atoms with Crippen molar-refractivity contribution < 1.29 is 17.9 Å². The van der Waals surface area contributed by atoms with Crippen LogP contribution in [0.5, 0.6) is 5.75 Å². The highest BCUT2D eigenvalue weighted by Crippen LogP contribution is 2.24. The molecule has 0 fully saturated rings. The molecule has 0 bridgehead atoms. The summed E-state index contributed by atoms with van der Waals surface area (Å²) in [6, 6.07) is 6.07. The van der Waals surface area contributed by atoms with Gasteiger partial charge in [0.1, 0.15) is 5.75 Å². The topological polar surface area (TPSA) is 9.23 Å². The van der Waals surface area contributed by atoms with E-state index in [0.717, 1.165) is 18.4 Å². The molecular formula is C11H12BrF3O. The highest BCUT2D eigenvalue weighted by Gasteiger charge is 2.31. The number of alkyl halides is 4. The minimum atomic E-state index is -4.62. The van der Waals surface area contributed by atoms with Crippen LogP contribution >= 0.6 is 15.9 Å². The third-order valence-electron chi connectivity index (χ3n) is 1.96. The predicted molar refractivity (Wildman–Crippen MR) is 59.8 cm³/mol. The Morgan fingerprint density at radius 3 is 2.62 bits per heavy atom. The van der Waals surface area contributed by atoms with Gasteiger partial charge < -0.3 is 4.74 Å². The molecule has 0 heterocycles. The molecule has 1 unspecified atom stereocenters. The summed E-state index contributed by atoms with van der Waals surface area (Å²) in [7, 11) is 0. The van der Waals surface area contributed by atoms with Crippen LogP contribution < -0.4 is 4.74 Å². The lowest BCUT2D eigenvalue weighted by Gasteiger charge is -2.10. The SMILES string of the molecule is CC(Br)CCc1cccc(OC(F)(F)F)c1. The summed E-state index contributed by atoms with van der Waals surface area (Å²) in [5.41, 5.74) is 0.841. The van der Waals surface area contributed by atoms with E-state index < -0.39 is 6.36 Å². The Kier molecular flexibility index (Phi) is 4.65. The second-order valence-corrected chi connectivity index (χ2v) is 5.08. The number of halogens is 4. The van der Waals surface area contributed by atoms with Gasteiger partial charge in [0.25, 0.3) is 0 Å². The molecule has 0 aliphatic rings. The van der Waals surface area contributed by atoms with E-state index in [4.69, 9.17) is 0 Å². The highest BCUT2D eigenvalue weighted by molar-refractivity contribution is 9.09.